The van der Waals surface area contributed by atoms with E-state index in [1.54, 1.807) is 4.90 Å². The van der Waals surface area contributed by atoms with Gasteiger partial charge in [-0.05, 0) is 29.0 Å². The molecule has 0 saturated carbocycles. The first-order valence-corrected chi connectivity index (χ1v) is 9.25. The molecule has 0 aliphatic rings. The van der Waals surface area contributed by atoms with Crippen molar-refractivity contribution < 1.29 is 9.90 Å². The van der Waals surface area contributed by atoms with Crippen LogP contribution in [0.25, 0.3) is 0 Å². The van der Waals surface area contributed by atoms with Crippen LogP contribution in [0.3, 0.4) is 0 Å². The highest BCUT2D eigenvalue weighted by Crippen LogP contribution is 2.17. The van der Waals surface area contributed by atoms with Gasteiger partial charge in [-0.2, -0.15) is 11.8 Å². The Bertz CT molecular complexity index is 634. The molecule has 0 spiro atoms. The van der Waals surface area contributed by atoms with Crippen LogP contribution in [0.5, 0.6) is 0 Å². The molecule has 0 fully saturated rings. The number of aliphatic hydroxyl groups is 1. The lowest BCUT2D eigenvalue weighted by atomic mass is 10.2. The third-order valence-electron chi connectivity index (χ3n) is 3.52. The smallest absolute Gasteiger partial charge is 0.322 e. The Kier molecular flexibility index (Phi) is 7.65. The minimum Gasteiger partial charge on any atom is -0.395 e. The number of carbonyl (C=O) groups excluding carboxylic acids is 1. The molecule has 2 rings (SSSR count). The van der Waals surface area contributed by atoms with E-state index in [1.807, 2.05) is 60.3 Å². The van der Waals surface area contributed by atoms with Gasteiger partial charge in [-0.25, -0.2) is 4.79 Å². The summed E-state index contributed by atoms with van der Waals surface area (Å²) in [6.45, 7) is 2.84. The summed E-state index contributed by atoms with van der Waals surface area (Å²) in [6.07, 6.45) is 0. The normalized spacial score (nSPS) is 10.4. The highest BCUT2D eigenvalue weighted by atomic mass is 32.2. The molecule has 2 aromatic carbocycles. The predicted octanol–water partition coefficient (Wildman–Crippen LogP) is 3.97. The molecule has 0 heterocycles. The van der Waals surface area contributed by atoms with Gasteiger partial charge in [0.05, 0.1) is 6.61 Å². The maximum Gasteiger partial charge on any atom is 0.322 e. The van der Waals surface area contributed by atoms with Gasteiger partial charge in [0.15, 0.2) is 0 Å². The SMILES string of the molecule is CCSCc1cccc(NC(=O)N(CCO)Cc2ccccc2)c1. The quantitative estimate of drug-likeness (QED) is 0.762. The monoisotopic (exact) mass is 344 g/mol. The van der Waals surface area contributed by atoms with Gasteiger partial charge >= 0.3 is 6.03 Å². The van der Waals surface area contributed by atoms with Gasteiger partial charge in [0.2, 0.25) is 0 Å². The molecule has 2 N–H and O–H groups in total. The lowest BCUT2D eigenvalue weighted by molar-refractivity contribution is 0.185. The molecule has 0 aromatic heterocycles. The average Bonchev–Trinajstić information content (AvgIpc) is 2.61. The first kappa shape index (κ1) is 18.4. The minimum absolute atomic E-state index is 0.0621. The van der Waals surface area contributed by atoms with E-state index < -0.39 is 0 Å². The summed E-state index contributed by atoms with van der Waals surface area (Å²) in [5.74, 6) is 2.00. The number of carbonyl (C=O) groups is 1. The average molecular weight is 344 g/mol. The van der Waals surface area contributed by atoms with Crippen LogP contribution in [0.15, 0.2) is 54.6 Å². The number of urea groups is 1. The van der Waals surface area contributed by atoms with Gasteiger partial charge in [-0.3, -0.25) is 0 Å². The number of aliphatic hydroxyl groups excluding tert-OH is 1. The van der Waals surface area contributed by atoms with Crippen molar-refractivity contribution in [2.45, 2.75) is 19.2 Å². The molecule has 4 nitrogen and oxygen atoms in total. The van der Waals surface area contributed by atoms with Crippen molar-refractivity contribution in [3.63, 3.8) is 0 Å². The summed E-state index contributed by atoms with van der Waals surface area (Å²) in [7, 11) is 0. The largest absolute Gasteiger partial charge is 0.395 e. The van der Waals surface area contributed by atoms with Crippen LogP contribution in [-0.2, 0) is 12.3 Å². The van der Waals surface area contributed by atoms with E-state index >= 15 is 0 Å². The van der Waals surface area contributed by atoms with Crippen molar-refractivity contribution >= 4 is 23.5 Å². The van der Waals surface area contributed by atoms with Gasteiger partial charge in [0.1, 0.15) is 0 Å². The molecule has 0 atom stereocenters. The van der Waals surface area contributed by atoms with E-state index in [1.165, 1.54) is 5.56 Å². The van der Waals surface area contributed by atoms with Gasteiger partial charge in [0.25, 0.3) is 0 Å². The van der Waals surface area contributed by atoms with Crippen LogP contribution in [0.1, 0.15) is 18.1 Å². The molecule has 24 heavy (non-hydrogen) atoms. The molecule has 0 unspecified atom stereocenters. The van der Waals surface area contributed by atoms with Gasteiger partial charge in [-0.15, -0.1) is 0 Å². The zero-order chi connectivity index (χ0) is 17.2. The number of hydrogen-bond acceptors (Lipinski definition) is 3. The summed E-state index contributed by atoms with van der Waals surface area (Å²) in [4.78, 5) is 14.1. The van der Waals surface area contributed by atoms with Crippen LogP contribution in [0.4, 0.5) is 10.5 Å². The van der Waals surface area contributed by atoms with Gasteiger partial charge in [-0.1, -0.05) is 49.4 Å². The maximum absolute atomic E-state index is 12.5. The number of rotatable bonds is 8. The fourth-order valence-electron chi connectivity index (χ4n) is 2.34. The second-order valence-corrected chi connectivity index (χ2v) is 6.67. The first-order chi connectivity index (χ1) is 11.7. The van der Waals surface area contributed by atoms with Crippen molar-refractivity contribution in [3.05, 3.63) is 65.7 Å². The molecule has 128 valence electrons. The Morgan fingerprint density at radius 2 is 1.88 bits per heavy atom. The maximum atomic E-state index is 12.5. The number of anilines is 1. The lowest BCUT2D eigenvalue weighted by Crippen LogP contribution is -2.36. The molecular weight excluding hydrogens is 320 g/mol. The Hall–Kier alpha value is -1.98. The van der Waals surface area contributed by atoms with Crippen LogP contribution < -0.4 is 5.32 Å². The third kappa shape index (κ3) is 5.91. The van der Waals surface area contributed by atoms with Crippen LogP contribution >= 0.6 is 11.8 Å². The number of amides is 2. The topological polar surface area (TPSA) is 52.6 Å². The van der Waals surface area contributed by atoms with Crippen LogP contribution in [0.2, 0.25) is 0 Å². The van der Waals surface area contributed by atoms with Crippen molar-refractivity contribution in [3.8, 4) is 0 Å². The van der Waals surface area contributed by atoms with Gasteiger partial charge < -0.3 is 15.3 Å². The predicted molar refractivity (Wildman–Crippen MR) is 101 cm³/mol. The molecule has 0 radical (unpaired) electrons. The summed E-state index contributed by atoms with van der Waals surface area (Å²) in [5, 5.41) is 12.2. The molecule has 2 aromatic rings. The second kappa shape index (κ2) is 10.0. The van der Waals surface area contributed by atoms with Crippen molar-refractivity contribution in [2.24, 2.45) is 0 Å². The summed E-state index contributed by atoms with van der Waals surface area (Å²) in [5.41, 5.74) is 3.01. The van der Waals surface area contributed by atoms with E-state index in [4.69, 9.17) is 0 Å². The Labute approximate surface area is 147 Å². The first-order valence-electron chi connectivity index (χ1n) is 8.10. The highest BCUT2D eigenvalue weighted by Gasteiger charge is 2.13. The van der Waals surface area contributed by atoms with E-state index in [0.717, 1.165) is 22.8 Å². The lowest BCUT2D eigenvalue weighted by Gasteiger charge is -2.22. The van der Waals surface area contributed by atoms with E-state index in [0.29, 0.717) is 13.1 Å². The number of nitrogens with zero attached hydrogens (tertiary/aromatic N) is 1. The fourth-order valence-corrected chi connectivity index (χ4v) is 2.96. The number of hydrogen-bond donors (Lipinski definition) is 2. The van der Waals surface area contributed by atoms with E-state index in [-0.39, 0.29) is 12.6 Å². The molecule has 5 heteroatoms. The van der Waals surface area contributed by atoms with Crippen molar-refractivity contribution in [1.29, 1.82) is 0 Å². The summed E-state index contributed by atoms with van der Waals surface area (Å²) < 4.78 is 0. The Balaban J connectivity index is 2.02. The number of benzene rings is 2. The fraction of sp³-hybridized carbons (Fsp3) is 0.316. The highest BCUT2D eigenvalue weighted by molar-refractivity contribution is 7.98. The zero-order valence-corrected chi connectivity index (χ0v) is 14.8. The van der Waals surface area contributed by atoms with E-state index in [2.05, 4.69) is 18.3 Å². The van der Waals surface area contributed by atoms with Crippen LogP contribution in [0, 0.1) is 0 Å². The zero-order valence-electron chi connectivity index (χ0n) is 13.9. The second-order valence-electron chi connectivity index (χ2n) is 5.40. The van der Waals surface area contributed by atoms with Crippen molar-refractivity contribution in [1.82, 2.24) is 4.90 Å². The Morgan fingerprint density at radius 1 is 1.12 bits per heavy atom. The summed E-state index contributed by atoms with van der Waals surface area (Å²) >= 11 is 1.85. The minimum atomic E-state index is -0.201. The molecule has 0 saturated heterocycles. The van der Waals surface area contributed by atoms with Crippen molar-refractivity contribution in [2.75, 3.05) is 24.2 Å². The summed E-state index contributed by atoms with van der Waals surface area (Å²) in [6, 6.07) is 17.5. The van der Waals surface area contributed by atoms with E-state index in [9.17, 15) is 9.90 Å². The third-order valence-corrected chi connectivity index (χ3v) is 4.47. The molecular formula is C19H24N2O2S. The standard InChI is InChI=1S/C19H24N2O2S/c1-2-24-15-17-9-6-10-18(13-17)20-19(23)21(11-12-22)14-16-7-4-3-5-8-16/h3-10,13,22H,2,11-12,14-15H2,1H3,(H,20,23). The molecule has 0 aliphatic carbocycles. The Morgan fingerprint density at radius 3 is 2.58 bits per heavy atom. The van der Waals surface area contributed by atoms with Gasteiger partial charge in [0, 0.05) is 24.5 Å². The molecule has 0 aliphatic heterocycles. The molecule has 0 bridgehead atoms. The number of nitrogens with one attached hydrogen (secondary N) is 1. The molecule has 2 amide bonds. The number of thioether (sulfide) groups is 1. The van der Waals surface area contributed by atoms with Crippen LogP contribution in [-0.4, -0.2) is 34.9 Å².